The normalized spacial score (nSPS) is 12.9. The molecule has 56 heavy (non-hydrogen) atoms. The summed E-state index contributed by atoms with van der Waals surface area (Å²) >= 11 is 0. The molecule has 0 fully saturated rings. The van der Waals surface area contributed by atoms with E-state index < -0.39 is 12.1 Å². The first kappa shape index (κ1) is 54.3. The van der Waals surface area contributed by atoms with Gasteiger partial charge >= 0.3 is 5.97 Å². The summed E-state index contributed by atoms with van der Waals surface area (Å²) in [6, 6.07) is -0.663. The molecule has 0 saturated carbocycles. The van der Waals surface area contributed by atoms with Crippen molar-refractivity contribution in [2.24, 2.45) is 0 Å². The molecule has 0 aliphatic heterocycles. The number of unbranched alkanes of at least 4 members (excludes halogenated alkanes) is 32. The molecule has 0 saturated heterocycles. The molecular formula is C50H95NO5. The van der Waals surface area contributed by atoms with Gasteiger partial charge in [-0.05, 0) is 51.4 Å². The van der Waals surface area contributed by atoms with Crippen molar-refractivity contribution in [1.82, 2.24) is 5.32 Å². The Labute approximate surface area is 348 Å². The van der Waals surface area contributed by atoms with Crippen molar-refractivity contribution in [3.63, 3.8) is 0 Å². The molecule has 0 heterocycles. The number of amides is 1. The zero-order valence-electron chi connectivity index (χ0n) is 37.4. The number of allylic oxidation sites excluding steroid dienone is 3. The Morgan fingerprint density at radius 2 is 0.857 bits per heavy atom. The minimum Gasteiger partial charge on any atom is -0.466 e. The van der Waals surface area contributed by atoms with E-state index in [1.54, 1.807) is 6.08 Å². The van der Waals surface area contributed by atoms with Gasteiger partial charge in [0.1, 0.15) is 0 Å². The van der Waals surface area contributed by atoms with Crippen LogP contribution in [0.15, 0.2) is 24.3 Å². The van der Waals surface area contributed by atoms with E-state index >= 15 is 0 Å². The minimum atomic E-state index is -0.873. The standard InChI is InChI=1S/C50H95NO5/c1-3-5-7-9-11-13-15-16-17-18-19-20-21-22-24-28-32-36-40-44-50(55)56-45-41-37-33-29-25-27-31-35-39-43-49(54)51-47(46-52)48(53)42-38-34-30-26-23-14-12-10-8-6-4-2/h27,31,38,42,47-48,52-53H,3-26,28-30,32-37,39-41,43-46H2,1-2H3,(H,51,54)/b31-27-,42-38+. The summed E-state index contributed by atoms with van der Waals surface area (Å²) in [4.78, 5) is 24.4. The third-order valence-corrected chi connectivity index (χ3v) is 11.2. The maximum absolute atomic E-state index is 12.4. The van der Waals surface area contributed by atoms with E-state index in [4.69, 9.17) is 4.74 Å². The molecule has 330 valence electrons. The number of hydrogen-bond acceptors (Lipinski definition) is 5. The van der Waals surface area contributed by atoms with E-state index in [1.807, 2.05) is 6.08 Å². The molecule has 2 unspecified atom stereocenters. The summed E-state index contributed by atoms with van der Waals surface area (Å²) in [7, 11) is 0. The monoisotopic (exact) mass is 790 g/mol. The van der Waals surface area contributed by atoms with Crippen molar-refractivity contribution in [1.29, 1.82) is 0 Å². The number of rotatable bonds is 45. The lowest BCUT2D eigenvalue weighted by Gasteiger charge is -2.19. The highest BCUT2D eigenvalue weighted by molar-refractivity contribution is 5.76. The topological polar surface area (TPSA) is 95.9 Å². The molecule has 2 atom stereocenters. The van der Waals surface area contributed by atoms with Crippen molar-refractivity contribution >= 4 is 11.9 Å². The number of hydrogen-bond donors (Lipinski definition) is 3. The van der Waals surface area contributed by atoms with Gasteiger partial charge in [-0.3, -0.25) is 9.59 Å². The fourth-order valence-corrected chi connectivity index (χ4v) is 7.40. The number of aliphatic hydroxyl groups is 2. The molecule has 0 spiro atoms. The third-order valence-electron chi connectivity index (χ3n) is 11.2. The van der Waals surface area contributed by atoms with Gasteiger partial charge in [0, 0.05) is 12.8 Å². The van der Waals surface area contributed by atoms with Crippen LogP contribution < -0.4 is 5.32 Å². The Morgan fingerprint density at radius 3 is 1.30 bits per heavy atom. The smallest absolute Gasteiger partial charge is 0.305 e. The van der Waals surface area contributed by atoms with Crippen molar-refractivity contribution < 1.29 is 24.5 Å². The van der Waals surface area contributed by atoms with Gasteiger partial charge < -0.3 is 20.3 Å². The highest BCUT2D eigenvalue weighted by atomic mass is 16.5. The third kappa shape index (κ3) is 42.0. The molecule has 3 N–H and O–H groups in total. The first-order valence-corrected chi connectivity index (χ1v) is 24.6. The minimum absolute atomic E-state index is 0.0342. The van der Waals surface area contributed by atoms with Gasteiger partial charge in [0.15, 0.2) is 0 Å². The molecule has 0 aromatic carbocycles. The largest absolute Gasteiger partial charge is 0.466 e. The first-order chi connectivity index (χ1) is 27.5. The number of nitrogens with one attached hydrogen (secondary N) is 1. The van der Waals surface area contributed by atoms with Crippen LogP contribution in [0.2, 0.25) is 0 Å². The van der Waals surface area contributed by atoms with E-state index in [1.165, 1.54) is 161 Å². The van der Waals surface area contributed by atoms with E-state index in [9.17, 15) is 19.8 Å². The molecule has 1 amide bonds. The van der Waals surface area contributed by atoms with Gasteiger partial charge in [-0.15, -0.1) is 0 Å². The van der Waals surface area contributed by atoms with Crippen LogP contribution in [0.25, 0.3) is 0 Å². The van der Waals surface area contributed by atoms with Crippen LogP contribution in [0, 0.1) is 0 Å². The average molecular weight is 790 g/mol. The summed E-state index contributed by atoms with van der Waals surface area (Å²) < 4.78 is 5.45. The van der Waals surface area contributed by atoms with Crippen LogP contribution in [0.3, 0.4) is 0 Å². The van der Waals surface area contributed by atoms with Crippen molar-refractivity contribution in [2.75, 3.05) is 13.2 Å². The lowest BCUT2D eigenvalue weighted by molar-refractivity contribution is -0.143. The van der Waals surface area contributed by atoms with Crippen molar-refractivity contribution in [3.8, 4) is 0 Å². The molecule has 6 heteroatoms. The number of aliphatic hydroxyl groups excluding tert-OH is 2. The zero-order valence-corrected chi connectivity index (χ0v) is 37.4. The number of ether oxygens (including phenoxy) is 1. The predicted octanol–water partition coefficient (Wildman–Crippen LogP) is 14.3. The van der Waals surface area contributed by atoms with Gasteiger partial charge in [0.25, 0.3) is 0 Å². The van der Waals surface area contributed by atoms with Gasteiger partial charge in [-0.25, -0.2) is 0 Å². The van der Waals surface area contributed by atoms with Crippen LogP contribution in [0.4, 0.5) is 0 Å². The average Bonchev–Trinajstić information content (AvgIpc) is 3.20. The number of esters is 1. The van der Waals surface area contributed by atoms with Crippen LogP contribution in [-0.4, -0.2) is 47.4 Å². The maximum Gasteiger partial charge on any atom is 0.305 e. The second-order valence-electron chi connectivity index (χ2n) is 16.8. The van der Waals surface area contributed by atoms with E-state index in [-0.39, 0.29) is 18.5 Å². The lowest BCUT2D eigenvalue weighted by atomic mass is 10.0. The number of carbonyl (C=O) groups excluding carboxylic acids is 2. The Bertz CT molecular complexity index is 874. The molecule has 0 aromatic rings. The molecule has 0 rings (SSSR count). The molecule has 0 bridgehead atoms. The molecule has 0 aliphatic carbocycles. The number of carbonyl (C=O) groups is 2. The summed E-state index contributed by atoms with van der Waals surface area (Å²) in [6.45, 7) is 4.80. The molecular weight excluding hydrogens is 695 g/mol. The van der Waals surface area contributed by atoms with E-state index in [2.05, 4.69) is 31.3 Å². The highest BCUT2D eigenvalue weighted by Gasteiger charge is 2.17. The summed E-state index contributed by atoms with van der Waals surface area (Å²) in [5.41, 5.74) is 0. The van der Waals surface area contributed by atoms with Crippen molar-refractivity contribution in [3.05, 3.63) is 24.3 Å². The Hall–Kier alpha value is -1.66. The van der Waals surface area contributed by atoms with E-state index in [0.717, 1.165) is 70.6 Å². The summed E-state index contributed by atoms with van der Waals surface area (Å²) in [6.07, 6.45) is 53.3. The Kier molecular flexibility index (Phi) is 44.7. The van der Waals surface area contributed by atoms with Crippen LogP contribution in [0.1, 0.15) is 258 Å². The van der Waals surface area contributed by atoms with Crippen molar-refractivity contribution in [2.45, 2.75) is 270 Å². The SMILES string of the molecule is CCCCCCCCCCC/C=C/C(O)C(CO)NC(=O)CCC/C=C\CCCCCCOC(=O)CCCCCCCCCCCCCCCCCCCCC. The first-order valence-electron chi connectivity index (χ1n) is 24.6. The molecule has 0 radical (unpaired) electrons. The van der Waals surface area contributed by atoms with Gasteiger partial charge in [-0.2, -0.15) is 0 Å². The summed E-state index contributed by atoms with van der Waals surface area (Å²) in [5, 5.41) is 22.9. The lowest BCUT2D eigenvalue weighted by Crippen LogP contribution is -2.45. The molecule has 6 nitrogen and oxygen atoms in total. The van der Waals surface area contributed by atoms with Gasteiger partial charge in [0.2, 0.25) is 5.91 Å². The van der Waals surface area contributed by atoms with Crippen LogP contribution in [0.5, 0.6) is 0 Å². The second kappa shape index (κ2) is 46.0. The van der Waals surface area contributed by atoms with Crippen LogP contribution in [-0.2, 0) is 14.3 Å². The predicted molar refractivity (Wildman–Crippen MR) is 241 cm³/mol. The maximum atomic E-state index is 12.4. The molecule has 0 aliphatic rings. The quantitative estimate of drug-likeness (QED) is 0.0324. The van der Waals surface area contributed by atoms with Gasteiger partial charge in [0.05, 0.1) is 25.4 Å². The second-order valence-corrected chi connectivity index (χ2v) is 16.8. The fraction of sp³-hybridized carbons (Fsp3) is 0.880. The fourth-order valence-electron chi connectivity index (χ4n) is 7.40. The van der Waals surface area contributed by atoms with Crippen LogP contribution >= 0.6 is 0 Å². The Morgan fingerprint density at radius 1 is 0.482 bits per heavy atom. The van der Waals surface area contributed by atoms with Gasteiger partial charge in [-0.1, -0.05) is 218 Å². The Balaban J connectivity index is 3.52. The van der Waals surface area contributed by atoms with E-state index in [0.29, 0.717) is 19.4 Å². The zero-order chi connectivity index (χ0) is 40.8. The summed E-state index contributed by atoms with van der Waals surface area (Å²) in [5.74, 6) is -0.164. The molecule has 0 aromatic heterocycles. The highest BCUT2D eigenvalue weighted by Crippen LogP contribution is 2.16.